The van der Waals surface area contributed by atoms with Gasteiger partial charge in [0, 0.05) is 40.8 Å². The number of nitrogens with zero attached hydrogens (tertiary/aromatic N) is 4. The second-order valence-corrected chi connectivity index (χ2v) is 8.83. The monoisotopic (exact) mass is 425 g/mol. The van der Waals surface area contributed by atoms with Gasteiger partial charge in [0.1, 0.15) is 5.75 Å². The predicted octanol–water partition coefficient (Wildman–Crippen LogP) is 6.26. The number of aromatic nitrogens is 4. The third-order valence-corrected chi connectivity index (χ3v) is 6.38. The molecule has 1 N–H and O–H groups in total. The molecule has 1 fully saturated rings. The van der Waals surface area contributed by atoms with Crippen molar-refractivity contribution in [2.24, 2.45) is 0 Å². The molecule has 0 saturated heterocycles. The lowest BCUT2D eigenvalue weighted by atomic mass is 9.94. The van der Waals surface area contributed by atoms with Crippen LogP contribution >= 0.6 is 0 Å². The molecule has 0 bridgehead atoms. The minimum Gasteiger partial charge on any atom is -0.424 e. The number of benzene rings is 2. The zero-order chi connectivity index (χ0) is 21.7. The van der Waals surface area contributed by atoms with E-state index in [4.69, 9.17) is 9.72 Å². The fourth-order valence-corrected chi connectivity index (χ4v) is 4.55. The van der Waals surface area contributed by atoms with Gasteiger partial charge in [-0.2, -0.15) is 10.1 Å². The Morgan fingerprint density at radius 3 is 2.84 bits per heavy atom. The number of hydrogen-bond donors (Lipinski definition) is 1. The Morgan fingerprint density at radius 2 is 2.00 bits per heavy atom. The van der Waals surface area contributed by atoms with E-state index in [0.717, 1.165) is 46.4 Å². The van der Waals surface area contributed by atoms with E-state index in [9.17, 15) is 0 Å². The van der Waals surface area contributed by atoms with Crippen LogP contribution in [0.15, 0.2) is 54.9 Å². The molecule has 1 atom stereocenters. The third kappa shape index (κ3) is 3.27. The minimum atomic E-state index is 0.450. The highest BCUT2D eigenvalue weighted by Gasteiger charge is 2.27. The summed E-state index contributed by atoms with van der Waals surface area (Å²) in [5.41, 5.74) is 6.44. The van der Waals surface area contributed by atoms with Gasteiger partial charge in [0.25, 0.3) is 0 Å². The van der Waals surface area contributed by atoms with Crippen LogP contribution in [0, 0.1) is 0 Å². The summed E-state index contributed by atoms with van der Waals surface area (Å²) >= 11 is 0. The van der Waals surface area contributed by atoms with Gasteiger partial charge in [0.2, 0.25) is 0 Å². The maximum absolute atomic E-state index is 6.68. The summed E-state index contributed by atoms with van der Waals surface area (Å²) in [4.78, 5) is 4.82. The molecule has 6 heteroatoms. The molecule has 32 heavy (non-hydrogen) atoms. The molecular formula is C26H27N5O. The number of ether oxygens (including phenoxy) is 1. The predicted molar refractivity (Wildman–Crippen MR) is 128 cm³/mol. The summed E-state index contributed by atoms with van der Waals surface area (Å²) in [5, 5.41) is 8.24. The number of imidazole rings is 1. The van der Waals surface area contributed by atoms with Gasteiger partial charge in [0.15, 0.2) is 0 Å². The molecule has 6 nitrogen and oxygen atoms in total. The fraction of sp³-hybridized carbons (Fsp3) is 0.308. The van der Waals surface area contributed by atoms with Crippen molar-refractivity contribution in [3.8, 4) is 22.9 Å². The number of para-hydroxylation sites is 2. The topological polar surface area (TPSA) is 56.9 Å². The molecule has 1 saturated carbocycles. The molecule has 0 radical (unpaired) electrons. The Balaban J connectivity index is 1.50. The number of rotatable bonds is 5. The highest BCUT2D eigenvalue weighted by atomic mass is 16.5. The number of nitrogens with one attached hydrogen (secondary N) is 1. The zero-order valence-corrected chi connectivity index (χ0v) is 18.5. The van der Waals surface area contributed by atoms with Gasteiger partial charge < -0.3 is 10.1 Å². The van der Waals surface area contributed by atoms with E-state index in [-0.39, 0.29) is 0 Å². The number of hydrogen-bond acceptors (Lipinski definition) is 4. The van der Waals surface area contributed by atoms with Crippen molar-refractivity contribution in [3.63, 3.8) is 0 Å². The molecule has 162 valence electrons. The second kappa shape index (κ2) is 7.55. The van der Waals surface area contributed by atoms with Gasteiger partial charge in [-0.3, -0.25) is 9.25 Å². The van der Waals surface area contributed by atoms with Gasteiger partial charge in [-0.1, -0.05) is 18.2 Å². The first kappa shape index (κ1) is 19.2. The van der Waals surface area contributed by atoms with Gasteiger partial charge in [-0.25, -0.2) is 0 Å². The lowest BCUT2D eigenvalue weighted by molar-refractivity contribution is 0.434. The van der Waals surface area contributed by atoms with Crippen molar-refractivity contribution in [1.29, 1.82) is 0 Å². The van der Waals surface area contributed by atoms with Gasteiger partial charge >= 0.3 is 6.01 Å². The smallest absolute Gasteiger partial charge is 0.307 e. The Morgan fingerprint density at radius 1 is 1.12 bits per heavy atom. The summed E-state index contributed by atoms with van der Waals surface area (Å²) in [5.74, 6) is 0.873. The maximum atomic E-state index is 6.68. The Kier molecular flexibility index (Phi) is 4.52. The van der Waals surface area contributed by atoms with Crippen molar-refractivity contribution in [2.75, 3.05) is 5.32 Å². The van der Waals surface area contributed by atoms with Crippen LogP contribution in [0.3, 0.4) is 0 Å². The molecule has 0 amide bonds. The first-order valence-electron chi connectivity index (χ1n) is 11.5. The van der Waals surface area contributed by atoms with Crippen molar-refractivity contribution in [2.45, 2.75) is 51.6 Å². The van der Waals surface area contributed by atoms with Crippen LogP contribution in [0.5, 0.6) is 11.8 Å². The lowest BCUT2D eigenvalue weighted by Crippen LogP contribution is -2.22. The number of allylic oxidation sites excluding steroid dienone is 1. The number of anilines is 1. The van der Waals surface area contributed by atoms with Crippen LogP contribution in [0.25, 0.3) is 28.4 Å². The molecule has 0 spiro atoms. The van der Waals surface area contributed by atoms with E-state index in [2.05, 4.69) is 46.4 Å². The minimum absolute atomic E-state index is 0.450. The molecule has 2 aromatic heterocycles. The van der Waals surface area contributed by atoms with E-state index < -0.39 is 0 Å². The first-order valence-corrected chi connectivity index (χ1v) is 11.5. The average molecular weight is 426 g/mol. The zero-order valence-electron chi connectivity index (χ0n) is 18.5. The number of fused-ring (bicyclic) bond motifs is 2. The van der Waals surface area contributed by atoms with Gasteiger partial charge in [-0.05, 0) is 63.8 Å². The molecule has 2 aliphatic rings. The van der Waals surface area contributed by atoms with Gasteiger partial charge in [0.05, 0.1) is 23.3 Å². The second-order valence-electron chi connectivity index (χ2n) is 8.83. The summed E-state index contributed by atoms with van der Waals surface area (Å²) in [6.07, 6.45) is 12.6. The Hall–Kier alpha value is -3.54. The highest BCUT2D eigenvalue weighted by molar-refractivity contribution is 5.80. The molecule has 4 aromatic rings. The quantitative estimate of drug-likeness (QED) is 0.410. The van der Waals surface area contributed by atoms with Crippen molar-refractivity contribution in [1.82, 2.24) is 19.3 Å². The van der Waals surface area contributed by atoms with Crippen molar-refractivity contribution >= 4 is 22.9 Å². The summed E-state index contributed by atoms with van der Waals surface area (Å²) in [6, 6.07) is 14.0. The normalized spacial score (nSPS) is 18.1. The van der Waals surface area contributed by atoms with Gasteiger partial charge in [-0.15, -0.1) is 0 Å². The largest absolute Gasteiger partial charge is 0.424 e. The summed E-state index contributed by atoms with van der Waals surface area (Å²) in [7, 11) is 0. The standard InChI is InChI=1S/C26H27N5O/c1-3-14-30-24-7-5-4-6-23(24)29-26(30)32-25-20(18-15-27-31(16-18)19-9-10-19)12-13-22-21(25)11-8-17(2)28-22/h3-7,12-17,19,28H,8-11H2,1-2H3/b14-3+/t17-/m0/s1. The Bertz CT molecular complexity index is 1330. The first-order chi connectivity index (χ1) is 15.7. The van der Waals surface area contributed by atoms with Crippen LogP contribution < -0.4 is 10.1 Å². The molecule has 1 aliphatic heterocycles. The van der Waals surface area contributed by atoms with Crippen LogP contribution in [-0.4, -0.2) is 25.4 Å². The van der Waals surface area contributed by atoms with Crippen LogP contribution in [0.2, 0.25) is 0 Å². The molecule has 2 aromatic carbocycles. The van der Waals surface area contributed by atoms with Crippen LogP contribution in [-0.2, 0) is 6.42 Å². The maximum Gasteiger partial charge on any atom is 0.307 e. The third-order valence-electron chi connectivity index (χ3n) is 6.38. The van der Waals surface area contributed by atoms with E-state index in [1.165, 1.54) is 18.4 Å². The highest BCUT2D eigenvalue weighted by Crippen LogP contribution is 2.44. The molecule has 0 unspecified atom stereocenters. The van der Waals surface area contributed by atoms with E-state index >= 15 is 0 Å². The van der Waals surface area contributed by atoms with Crippen LogP contribution in [0.4, 0.5) is 5.69 Å². The van der Waals surface area contributed by atoms with Crippen molar-refractivity contribution in [3.05, 3.63) is 60.4 Å². The fourth-order valence-electron chi connectivity index (χ4n) is 4.55. The SMILES string of the molecule is C/C=C/n1c(Oc2c(-c3cnn(C4CC4)c3)ccc3c2CC[C@H](C)N3)nc2ccccc21. The van der Waals surface area contributed by atoms with E-state index in [1.54, 1.807) is 0 Å². The summed E-state index contributed by atoms with van der Waals surface area (Å²) < 4.78 is 10.8. The molecular weight excluding hydrogens is 398 g/mol. The summed E-state index contributed by atoms with van der Waals surface area (Å²) in [6.45, 7) is 4.23. The Labute approximate surface area is 187 Å². The van der Waals surface area contributed by atoms with Crippen LogP contribution in [0.1, 0.15) is 44.7 Å². The molecule has 3 heterocycles. The van der Waals surface area contributed by atoms with E-state index in [1.807, 2.05) is 48.2 Å². The van der Waals surface area contributed by atoms with E-state index in [0.29, 0.717) is 18.1 Å². The molecule has 6 rings (SSSR count). The lowest BCUT2D eigenvalue weighted by Gasteiger charge is -2.27. The van der Waals surface area contributed by atoms with Crippen molar-refractivity contribution < 1.29 is 4.74 Å². The molecule has 1 aliphatic carbocycles. The average Bonchev–Trinajstić information content (AvgIpc) is 3.44.